The summed E-state index contributed by atoms with van der Waals surface area (Å²) in [5, 5.41) is 5.26. The Kier molecular flexibility index (Phi) is 2.37. The third kappa shape index (κ3) is 1.74. The Hall–Kier alpha value is -2.15. The van der Waals surface area contributed by atoms with Gasteiger partial charge in [-0.05, 0) is 46.5 Å². The van der Waals surface area contributed by atoms with Crippen molar-refractivity contribution >= 4 is 27.3 Å². The highest BCUT2D eigenvalue weighted by Crippen LogP contribution is 2.27. The zero-order chi connectivity index (χ0) is 12.7. The van der Waals surface area contributed by atoms with E-state index in [0.717, 1.165) is 13.0 Å². The van der Waals surface area contributed by atoms with Crippen LogP contribution in [0.25, 0.3) is 21.5 Å². The van der Waals surface area contributed by atoms with E-state index < -0.39 is 0 Å². The van der Waals surface area contributed by atoms with E-state index in [1.165, 1.54) is 39.2 Å². The van der Waals surface area contributed by atoms with E-state index in [1.54, 1.807) is 0 Å². The average molecular weight is 245 g/mol. The molecule has 19 heavy (non-hydrogen) atoms. The van der Waals surface area contributed by atoms with Gasteiger partial charge in [0.15, 0.2) is 0 Å². The molecule has 0 radical (unpaired) electrons. The van der Waals surface area contributed by atoms with Crippen LogP contribution in [0.3, 0.4) is 0 Å². The van der Waals surface area contributed by atoms with Crippen molar-refractivity contribution in [2.24, 2.45) is 4.99 Å². The Labute approximate surface area is 112 Å². The van der Waals surface area contributed by atoms with Crippen LogP contribution in [-0.4, -0.2) is 12.3 Å². The summed E-state index contributed by atoms with van der Waals surface area (Å²) in [4.78, 5) is 4.65. The minimum atomic E-state index is 0.985. The molecule has 0 aliphatic carbocycles. The topological polar surface area (TPSA) is 12.4 Å². The summed E-state index contributed by atoms with van der Waals surface area (Å²) >= 11 is 0. The first kappa shape index (κ1) is 10.7. The Morgan fingerprint density at radius 2 is 1.58 bits per heavy atom. The minimum Gasteiger partial charge on any atom is -0.289 e. The first-order valence-corrected chi connectivity index (χ1v) is 6.87. The van der Waals surface area contributed by atoms with E-state index in [-0.39, 0.29) is 0 Å². The maximum absolute atomic E-state index is 4.65. The number of aliphatic imine (C=N–C) groups is 1. The van der Waals surface area contributed by atoms with Crippen LogP contribution in [0.4, 0.5) is 0 Å². The average Bonchev–Trinajstić information content (AvgIpc) is 2.98. The van der Waals surface area contributed by atoms with Crippen LogP contribution in [0.1, 0.15) is 18.4 Å². The molecule has 3 aromatic carbocycles. The van der Waals surface area contributed by atoms with Gasteiger partial charge < -0.3 is 0 Å². The molecule has 0 atom stereocenters. The number of benzene rings is 3. The standard InChI is InChI=1S/C18H15N/c1-2-6-14-12-17-15(11-13(14)5-1)7-3-8-16(17)18-9-4-10-19-18/h1-3,5-8,11-12H,4,9-10H2. The molecule has 1 aliphatic heterocycles. The number of fused-ring (bicyclic) bond motifs is 2. The summed E-state index contributed by atoms with van der Waals surface area (Å²) in [6.07, 6.45) is 2.31. The van der Waals surface area contributed by atoms with Gasteiger partial charge in [-0.25, -0.2) is 0 Å². The van der Waals surface area contributed by atoms with Crippen LogP contribution < -0.4 is 0 Å². The Balaban J connectivity index is 2.06. The number of rotatable bonds is 1. The van der Waals surface area contributed by atoms with Crippen molar-refractivity contribution < 1.29 is 0 Å². The van der Waals surface area contributed by atoms with Crippen molar-refractivity contribution in [3.63, 3.8) is 0 Å². The Morgan fingerprint density at radius 3 is 2.37 bits per heavy atom. The lowest BCUT2D eigenvalue weighted by Gasteiger charge is -2.08. The second-order valence-corrected chi connectivity index (χ2v) is 5.16. The summed E-state index contributed by atoms with van der Waals surface area (Å²) in [5.41, 5.74) is 2.60. The number of hydrogen-bond donors (Lipinski definition) is 0. The lowest BCUT2D eigenvalue weighted by atomic mass is 9.96. The second-order valence-electron chi connectivity index (χ2n) is 5.16. The summed E-state index contributed by atoms with van der Waals surface area (Å²) in [5.74, 6) is 0. The fourth-order valence-corrected chi connectivity index (χ4v) is 2.98. The van der Waals surface area contributed by atoms with Gasteiger partial charge in [-0.15, -0.1) is 0 Å². The van der Waals surface area contributed by atoms with Crippen molar-refractivity contribution in [1.29, 1.82) is 0 Å². The first-order valence-electron chi connectivity index (χ1n) is 6.87. The van der Waals surface area contributed by atoms with Crippen LogP contribution in [0.5, 0.6) is 0 Å². The molecule has 92 valence electrons. The van der Waals surface area contributed by atoms with Gasteiger partial charge in [0, 0.05) is 17.8 Å². The quantitative estimate of drug-likeness (QED) is 0.557. The summed E-state index contributed by atoms with van der Waals surface area (Å²) in [7, 11) is 0. The van der Waals surface area contributed by atoms with Gasteiger partial charge in [0.05, 0.1) is 0 Å². The maximum atomic E-state index is 4.65. The van der Waals surface area contributed by atoms with Crippen LogP contribution in [0, 0.1) is 0 Å². The smallest absolute Gasteiger partial charge is 0.0427 e. The summed E-state index contributed by atoms with van der Waals surface area (Å²) < 4.78 is 0. The van der Waals surface area contributed by atoms with E-state index in [9.17, 15) is 0 Å². The highest BCUT2D eigenvalue weighted by molar-refractivity contribution is 6.13. The van der Waals surface area contributed by atoms with Crippen LogP contribution in [0.2, 0.25) is 0 Å². The minimum absolute atomic E-state index is 0.985. The molecule has 0 aromatic heterocycles. The van der Waals surface area contributed by atoms with E-state index in [2.05, 4.69) is 59.6 Å². The first-order chi connectivity index (χ1) is 9.42. The molecule has 1 nitrogen and oxygen atoms in total. The van der Waals surface area contributed by atoms with E-state index in [4.69, 9.17) is 0 Å². The molecule has 4 rings (SSSR count). The maximum Gasteiger partial charge on any atom is 0.0427 e. The van der Waals surface area contributed by atoms with Gasteiger partial charge in [-0.3, -0.25) is 4.99 Å². The predicted molar refractivity (Wildman–Crippen MR) is 82.1 cm³/mol. The third-order valence-corrected chi connectivity index (χ3v) is 3.93. The molecule has 0 N–H and O–H groups in total. The van der Waals surface area contributed by atoms with Gasteiger partial charge >= 0.3 is 0 Å². The molecule has 3 aromatic rings. The van der Waals surface area contributed by atoms with Crippen molar-refractivity contribution in [2.75, 3.05) is 6.54 Å². The van der Waals surface area contributed by atoms with Crippen LogP contribution in [-0.2, 0) is 0 Å². The molecule has 0 unspecified atom stereocenters. The van der Waals surface area contributed by atoms with E-state index >= 15 is 0 Å². The molecule has 0 spiro atoms. The highest BCUT2D eigenvalue weighted by Gasteiger charge is 2.12. The Bertz CT molecular complexity index is 799. The molecule has 1 aliphatic rings. The summed E-state index contributed by atoms with van der Waals surface area (Å²) in [6.45, 7) is 0.985. The van der Waals surface area contributed by atoms with Crippen molar-refractivity contribution in [1.82, 2.24) is 0 Å². The molecule has 0 saturated carbocycles. The predicted octanol–water partition coefficient (Wildman–Crippen LogP) is 4.58. The van der Waals surface area contributed by atoms with Gasteiger partial charge in [0.2, 0.25) is 0 Å². The van der Waals surface area contributed by atoms with Gasteiger partial charge in [-0.2, -0.15) is 0 Å². The summed E-state index contributed by atoms with van der Waals surface area (Å²) in [6, 6.07) is 19.7. The largest absolute Gasteiger partial charge is 0.289 e. The van der Waals surface area contributed by atoms with Gasteiger partial charge in [0.25, 0.3) is 0 Å². The number of hydrogen-bond acceptors (Lipinski definition) is 1. The zero-order valence-corrected chi connectivity index (χ0v) is 10.8. The number of nitrogens with zero attached hydrogens (tertiary/aromatic N) is 1. The molecular formula is C18H15N. The molecule has 0 amide bonds. The molecule has 0 bridgehead atoms. The highest BCUT2D eigenvalue weighted by atomic mass is 14.8. The van der Waals surface area contributed by atoms with Crippen molar-refractivity contribution in [2.45, 2.75) is 12.8 Å². The SMILES string of the molecule is c1ccc2cc3c(C4=NCCC4)cccc3cc2c1. The lowest BCUT2D eigenvalue weighted by Crippen LogP contribution is -1.97. The molecule has 1 heteroatoms. The van der Waals surface area contributed by atoms with Crippen LogP contribution >= 0.6 is 0 Å². The fraction of sp³-hybridized carbons (Fsp3) is 0.167. The fourth-order valence-electron chi connectivity index (χ4n) is 2.98. The third-order valence-electron chi connectivity index (χ3n) is 3.93. The zero-order valence-electron chi connectivity index (χ0n) is 10.8. The molecule has 0 fully saturated rings. The Morgan fingerprint density at radius 1 is 0.789 bits per heavy atom. The molecule has 1 heterocycles. The van der Waals surface area contributed by atoms with Crippen LogP contribution in [0.15, 0.2) is 59.6 Å². The monoisotopic (exact) mass is 245 g/mol. The molecular weight excluding hydrogens is 230 g/mol. The lowest BCUT2D eigenvalue weighted by molar-refractivity contribution is 0.951. The van der Waals surface area contributed by atoms with Gasteiger partial charge in [-0.1, -0.05) is 42.5 Å². The van der Waals surface area contributed by atoms with Gasteiger partial charge in [0.1, 0.15) is 0 Å². The normalized spacial score (nSPS) is 15.1. The van der Waals surface area contributed by atoms with Crippen molar-refractivity contribution in [3.8, 4) is 0 Å². The molecule has 0 saturated heterocycles. The van der Waals surface area contributed by atoms with Crippen molar-refractivity contribution in [3.05, 3.63) is 60.2 Å². The second kappa shape index (κ2) is 4.20. The van der Waals surface area contributed by atoms with E-state index in [1.807, 2.05) is 0 Å². The van der Waals surface area contributed by atoms with E-state index in [0.29, 0.717) is 0 Å².